The third kappa shape index (κ3) is 6.20. The molecule has 0 unspecified atom stereocenters. The van der Waals surface area contributed by atoms with Crippen molar-refractivity contribution < 1.29 is 19.5 Å². The van der Waals surface area contributed by atoms with E-state index in [1.54, 1.807) is 0 Å². The van der Waals surface area contributed by atoms with Gasteiger partial charge in [0, 0.05) is 19.0 Å². The summed E-state index contributed by atoms with van der Waals surface area (Å²) in [7, 11) is 0. The Hall–Kier alpha value is -2.38. The van der Waals surface area contributed by atoms with Gasteiger partial charge in [0.25, 0.3) is 0 Å². The summed E-state index contributed by atoms with van der Waals surface area (Å²) in [5.41, 5.74) is 5.48. The van der Waals surface area contributed by atoms with Crippen molar-refractivity contribution in [1.29, 1.82) is 0 Å². The maximum absolute atomic E-state index is 11.5. The highest BCUT2D eigenvalue weighted by atomic mass is 16.4. The monoisotopic (exact) mass is 268 g/mol. The van der Waals surface area contributed by atoms with Crippen molar-refractivity contribution in [2.75, 3.05) is 5.32 Å². The quantitative estimate of drug-likeness (QED) is 0.570. The van der Waals surface area contributed by atoms with Crippen molar-refractivity contribution in [3.05, 3.63) is 12.4 Å². The summed E-state index contributed by atoms with van der Waals surface area (Å²) >= 11 is 0. The predicted molar refractivity (Wildman–Crippen MR) is 66.2 cm³/mol. The fourth-order valence-electron chi connectivity index (χ4n) is 1.46. The average molecular weight is 268 g/mol. The van der Waals surface area contributed by atoms with Crippen LogP contribution >= 0.6 is 0 Å². The van der Waals surface area contributed by atoms with E-state index in [9.17, 15) is 14.4 Å². The second-order valence-electron chi connectivity index (χ2n) is 4.04. The minimum absolute atomic E-state index is 0.0471. The number of hydrogen-bond acceptors (Lipinski definition) is 4. The highest BCUT2D eigenvalue weighted by Crippen LogP contribution is 2.07. The molecule has 8 heteroatoms. The summed E-state index contributed by atoms with van der Waals surface area (Å²) in [6.45, 7) is -0.0471. The van der Waals surface area contributed by atoms with E-state index in [0.29, 0.717) is 18.5 Å². The van der Waals surface area contributed by atoms with Crippen LogP contribution in [0.4, 0.5) is 5.69 Å². The first-order valence-corrected chi connectivity index (χ1v) is 5.80. The number of aromatic nitrogens is 2. The van der Waals surface area contributed by atoms with Crippen molar-refractivity contribution in [3.63, 3.8) is 0 Å². The molecule has 0 aliphatic heterocycles. The topological polar surface area (TPSA) is 127 Å². The molecule has 0 bridgehead atoms. The Labute approximate surface area is 109 Å². The number of primary amides is 1. The molecule has 1 aromatic heterocycles. The third-order valence-electron chi connectivity index (χ3n) is 2.28. The minimum Gasteiger partial charge on any atom is -0.481 e. The molecule has 1 aromatic rings. The number of aliphatic carboxylic acids is 1. The van der Waals surface area contributed by atoms with Gasteiger partial charge in [-0.1, -0.05) is 0 Å². The van der Waals surface area contributed by atoms with Crippen LogP contribution in [-0.2, 0) is 20.9 Å². The largest absolute Gasteiger partial charge is 0.481 e. The van der Waals surface area contributed by atoms with Gasteiger partial charge >= 0.3 is 5.97 Å². The van der Waals surface area contributed by atoms with Crippen molar-refractivity contribution in [2.45, 2.75) is 32.2 Å². The van der Waals surface area contributed by atoms with E-state index < -0.39 is 11.9 Å². The van der Waals surface area contributed by atoms with Crippen molar-refractivity contribution in [3.8, 4) is 0 Å². The summed E-state index contributed by atoms with van der Waals surface area (Å²) in [6.07, 6.45) is 4.19. The van der Waals surface area contributed by atoms with Crippen LogP contribution in [0.2, 0.25) is 0 Å². The molecule has 19 heavy (non-hydrogen) atoms. The van der Waals surface area contributed by atoms with Gasteiger partial charge in [0.05, 0.1) is 11.9 Å². The van der Waals surface area contributed by atoms with Crippen molar-refractivity contribution in [2.24, 2.45) is 5.73 Å². The molecule has 104 valence electrons. The lowest BCUT2D eigenvalue weighted by molar-refractivity contribution is -0.137. The maximum Gasteiger partial charge on any atom is 0.303 e. The zero-order valence-corrected chi connectivity index (χ0v) is 10.3. The molecule has 1 heterocycles. The molecule has 0 fully saturated rings. The Balaban J connectivity index is 2.30. The minimum atomic E-state index is -0.867. The smallest absolute Gasteiger partial charge is 0.303 e. The Bertz CT molecular complexity index is 469. The van der Waals surface area contributed by atoms with Crippen LogP contribution < -0.4 is 11.1 Å². The summed E-state index contributed by atoms with van der Waals surface area (Å²) < 4.78 is 1.32. The van der Waals surface area contributed by atoms with Crippen LogP contribution in [0.3, 0.4) is 0 Å². The molecule has 1 rings (SSSR count). The first-order valence-electron chi connectivity index (χ1n) is 5.80. The highest BCUT2D eigenvalue weighted by Gasteiger charge is 2.06. The Morgan fingerprint density at radius 3 is 2.63 bits per heavy atom. The number of carbonyl (C=O) groups is 3. The summed E-state index contributed by atoms with van der Waals surface area (Å²) in [5.74, 6) is -1.60. The molecule has 8 nitrogen and oxygen atoms in total. The first-order chi connectivity index (χ1) is 8.97. The van der Waals surface area contributed by atoms with Gasteiger partial charge in [-0.05, 0) is 12.8 Å². The molecular weight excluding hydrogens is 252 g/mol. The van der Waals surface area contributed by atoms with Gasteiger partial charge in [-0.25, -0.2) is 0 Å². The number of carbonyl (C=O) groups excluding carboxylic acids is 2. The van der Waals surface area contributed by atoms with E-state index in [1.807, 2.05) is 0 Å². The molecule has 0 aliphatic carbocycles. The number of nitrogens with zero attached hydrogens (tertiary/aromatic N) is 2. The van der Waals surface area contributed by atoms with E-state index >= 15 is 0 Å². The van der Waals surface area contributed by atoms with E-state index in [-0.39, 0.29) is 25.3 Å². The number of rotatable bonds is 8. The van der Waals surface area contributed by atoms with E-state index in [0.717, 1.165) is 0 Å². The second kappa shape index (κ2) is 7.14. The zero-order chi connectivity index (χ0) is 14.3. The van der Waals surface area contributed by atoms with Gasteiger partial charge in [-0.3, -0.25) is 19.1 Å². The lowest BCUT2D eigenvalue weighted by Crippen LogP contribution is -2.18. The number of carboxylic acid groups (broad SMARTS) is 1. The molecule has 0 saturated heterocycles. The average Bonchev–Trinajstić information content (AvgIpc) is 2.70. The van der Waals surface area contributed by atoms with Gasteiger partial charge < -0.3 is 16.2 Å². The molecule has 4 N–H and O–H groups in total. The maximum atomic E-state index is 11.5. The molecule has 0 aromatic carbocycles. The zero-order valence-electron chi connectivity index (χ0n) is 10.3. The fraction of sp³-hybridized carbons (Fsp3) is 0.455. The molecular formula is C11H16N4O4. The SMILES string of the molecule is NC(=O)Cn1cc(NC(=O)CCCCC(=O)O)cn1. The number of amides is 2. The summed E-state index contributed by atoms with van der Waals surface area (Å²) in [5, 5.41) is 14.9. The summed E-state index contributed by atoms with van der Waals surface area (Å²) in [4.78, 5) is 32.4. The molecule has 0 spiro atoms. The Kier molecular flexibility index (Phi) is 5.52. The number of unbranched alkanes of at least 4 members (excludes halogenated alkanes) is 1. The van der Waals surface area contributed by atoms with Gasteiger partial charge in [-0.2, -0.15) is 5.10 Å². The highest BCUT2D eigenvalue weighted by molar-refractivity contribution is 5.90. The van der Waals surface area contributed by atoms with Crippen LogP contribution in [0.1, 0.15) is 25.7 Å². The van der Waals surface area contributed by atoms with E-state index in [4.69, 9.17) is 10.8 Å². The number of nitrogens with one attached hydrogen (secondary N) is 1. The van der Waals surface area contributed by atoms with Gasteiger partial charge in [0.1, 0.15) is 6.54 Å². The number of hydrogen-bond donors (Lipinski definition) is 3. The Morgan fingerprint density at radius 2 is 2.00 bits per heavy atom. The molecule has 0 aliphatic rings. The van der Waals surface area contributed by atoms with Crippen LogP contribution in [-0.4, -0.2) is 32.7 Å². The molecule has 2 amide bonds. The number of anilines is 1. The van der Waals surface area contributed by atoms with Crippen molar-refractivity contribution >= 4 is 23.5 Å². The van der Waals surface area contributed by atoms with Crippen molar-refractivity contribution in [1.82, 2.24) is 9.78 Å². The molecule has 0 atom stereocenters. The predicted octanol–water partition coefficient (Wildman–Crippen LogP) is -0.0481. The first kappa shape index (κ1) is 14.7. The van der Waals surface area contributed by atoms with Gasteiger partial charge in [0.2, 0.25) is 11.8 Å². The van der Waals surface area contributed by atoms with Crippen LogP contribution in [0.15, 0.2) is 12.4 Å². The molecule has 0 saturated carbocycles. The van der Waals surface area contributed by atoms with E-state index in [2.05, 4.69) is 10.4 Å². The third-order valence-corrected chi connectivity index (χ3v) is 2.28. The van der Waals surface area contributed by atoms with Crippen LogP contribution in [0, 0.1) is 0 Å². The van der Waals surface area contributed by atoms with Gasteiger partial charge in [-0.15, -0.1) is 0 Å². The molecule has 0 radical (unpaired) electrons. The number of nitrogens with two attached hydrogens (primary N) is 1. The summed E-state index contributed by atoms with van der Waals surface area (Å²) in [6, 6.07) is 0. The standard InChI is InChI=1S/C11H16N4O4/c12-9(16)7-15-6-8(5-13-15)14-10(17)3-1-2-4-11(18)19/h5-6H,1-4,7H2,(H2,12,16)(H,14,17)(H,18,19). The van der Waals surface area contributed by atoms with Crippen LogP contribution in [0.25, 0.3) is 0 Å². The number of carboxylic acids is 1. The lowest BCUT2D eigenvalue weighted by atomic mass is 10.2. The second-order valence-corrected chi connectivity index (χ2v) is 4.04. The Morgan fingerprint density at radius 1 is 1.32 bits per heavy atom. The lowest BCUT2D eigenvalue weighted by Gasteiger charge is -2.01. The van der Waals surface area contributed by atoms with E-state index in [1.165, 1.54) is 17.1 Å². The van der Waals surface area contributed by atoms with Gasteiger partial charge in [0.15, 0.2) is 0 Å². The fourth-order valence-corrected chi connectivity index (χ4v) is 1.46. The normalized spacial score (nSPS) is 10.1. The van der Waals surface area contributed by atoms with Crippen LogP contribution in [0.5, 0.6) is 0 Å².